The maximum absolute atomic E-state index is 13.2. The lowest BCUT2D eigenvalue weighted by atomic mass is 9.90. The Morgan fingerprint density at radius 2 is 2.27 bits per heavy atom. The fraction of sp³-hybridized carbons (Fsp3) is 0.778. The Bertz CT molecular complexity index is 156. The average Bonchev–Trinajstić information content (AvgIpc) is 1.85. The van der Waals surface area contributed by atoms with Crippen LogP contribution in [0.1, 0.15) is 13.3 Å². The van der Waals surface area contributed by atoms with Gasteiger partial charge in [0.15, 0.2) is 0 Å². The van der Waals surface area contributed by atoms with Gasteiger partial charge in [0.05, 0.1) is 0 Å². The third-order valence-corrected chi connectivity index (χ3v) is 2.38. The highest BCUT2D eigenvalue weighted by atomic mass is 19.1. The summed E-state index contributed by atoms with van der Waals surface area (Å²) in [4.78, 5) is 2.03. The van der Waals surface area contributed by atoms with Gasteiger partial charge in [-0.1, -0.05) is 12.2 Å². The molecule has 1 nitrogen and oxygen atoms in total. The molecule has 0 unspecified atom stereocenters. The second-order valence-corrected chi connectivity index (χ2v) is 3.52. The molecule has 2 heteroatoms. The monoisotopic (exact) mass is 157 g/mol. The zero-order valence-corrected chi connectivity index (χ0v) is 7.31. The quantitative estimate of drug-likeness (QED) is 0.525. The van der Waals surface area contributed by atoms with Crippen LogP contribution in [-0.4, -0.2) is 31.2 Å². The number of likely N-dealkylation sites (tertiary alicyclic amines) is 1. The summed E-state index contributed by atoms with van der Waals surface area (Å²) in [6.07, 6.45) is 0.221. The minimum Gasteiger partial charge on any atom is -0.303 e. The first-order chi connectivity index (χ1) is 5.11. The molecule has 1 aliphatic heterocycles. The number of hydrogen-bond acceptors (Lipinski definition) is 1. The van der Waals surface area contributed by atoms with Crippen LogP contribution >= 0.6 is 0 Å². The van der Waals surface area contributed by atoms with Crippen molar-refractivity contribution in [2.45, 2.75) is 19.5 Å². The topological polar surface area (TPSA) is 3.24 Å². The molecule has 0 radical (unpaired) electrons. The molecular weight excluding hydrogens is 141 g/mol. The van der Waals surface area contributed by atoms with Gasteiger partial charge in [0.1, 0.15) is 6.17 Å². The number of alkyl halides is 1. The Labute approximate surface area is 67.9 Å². The Kier molecular flexibility index (Phi) is 2.66. The van der Waals surface area contributed by atoms with Gasteiger partial charge >= 0.3 is 0 Å². The van der Waals surface area contributed by atoms with Gasteiger partial charge in [0.25, 0.3) is 0 Å². The molecule has 0 N–H and O–H groups in total. The Hall–Kier alpha value is -0.370. The maximum Gasteiger partial charge on any atom is 0.119 e. The second-order valence-electron chi connectivity index (χ2n) is 3.52. The summed E-state index contributed by atoms with van der Waals surface area (Å²) in [5.41, 5.74) is 0.991. The van der Waals surface area contributed by atoms with E-state index >= 15 is 0 Å². The van der Waals surface area contributed by atoms with E-state index in [1.807, 2.05) is 18.9 Å². The molecule has 1 rings (SSSR count). The highest BCUT2D eigenvalue weighted by Gasteiger charge is 2.27. The van der Waals surface area contributed by atoms with E-state index in [0.29, 0.717) is 6.54 Å². The molecule has 64 valence electrons. The van der Waals surface area contributed by atoms with E-state index in [0.717, 1.165) is 18.5 Å². The van der Waals surface area contributed by atoms with Crippen molar-refractivity contribution in [1.29, 1.82) is 0 Å². The van der Waals surface area contributed by atoms with Crippen molar-refractivity contribution in [1.82, 2.24) is 4.90 Å². The fourth-order valence-corrected chi connectivity index (χ4v) is 1.61. The summed E-state index contributed by atoms with van der Waals surface area (Å²) in [5, 5.41) is 0. The molecule has 1 saturated heterocycles. The van der Waals surface area contributed by atoms with Crippen LogP contribution in [0.3, 0.4) is 0 Å². The Morgan fingerprint density at radius 1 is 1.64 bits per heavy atom. The normalized spacial score (nSPS) is 33.7. The first-order valence-electron chi connectivity index (χ1n) is 4.09. The molecule has 1 aliphatic rings. The Morgan fingerprint density at radius 3 is 2.73 bits per heavy atom. The van der Waals surface area contributed by atoms with Gasteiger partial charge in [-0.3, -0.25) is 0 Å². The van der Waals surface area contributed by atoms with E-state index in [4.69, 9.17) is 0 Å². The minimum atomic E-state index is -0.703. The summed E-state index contributed by atoms with van der Waals surface area (Å²) in [6.45, 7) is 7.28. The van der Waals surface area contributed by atoms with E-state index in [1.165, 1.54) is 0 Å². The number of hydrogen-bond donors (Lipinski definition) is 0. The van der Waals surface area contributed by atoms with Crippen molar-refractivity contribution in [3.8, 4) is 0 Å². The van der Waals surface area contributed by atoms with Crippen molar-refractivity contribution in [2.75, 3.05) is 20.1 Å². The summed E-state index contributed by atoms with van der Waals surface area (Å²) in [6, 6.07) is 0. The van der Waals surface area contributed by atoms with Gasteiger partial charge in [-0.05, 0) is 26.9 Å². The first kappa shape index (κ1) is 8.72. The molecule has 0 aromatic rings. The molecule has 2 atom stereocenters. The molecule has 0 aromatic carbocycles. The van der Waals surface area contributed by atoms with Gasteiger partial charge < -0.3 is 4.90 Å². The average molecular weight is 157 g/mol. The second kappa shape index (κ2) is 3.35. The first-order valence-corrected chi connectivity index (χ1v) is 4.09. The van der Waals surface area contributed by atoms with Crippen molar-refractivity contribution in [3.05, 3.63) is 12.2 Å². The smallest absolute Gasteiger partial charge is 0.119 e. The number of allylic oxidation sites excluding steroid dienone is 1. The SMILES string of the molecule is C=C(C)[C@@H]1CCN(C)C[C@@H]1F. The molecule has 0 spiro atoms. The van der Waals surface area contributed by atoms with Gasteiger partial charge in [0, 0.05) is 12.5 Å². The largest absolute Gasteiger partial charge is 0.303 e. The van der Waals surface area contributed by atoms with Crippen LogP contribution in [0.5, 0.6) is 0 Å². The van der Waals surface area contributed by atoms with Crippen LogP contribution in [0.2, 0.25) is 0 Å². The van der Waals surface area contributed by atoms with E-state index in [1.54, 1.807) is 0 Å². The zero-order chi connectivity index (χ0) is 8.43. The minimum absolute atomic E-state index is 0.103. The lowest BCUT2D eigenvalue weighted by Gasteiger charge is -2.32. The van der Waals surface area contributed by atoms with Crippen LogP contribution in [0.15, 0.2) is 12.2 Å². The third-order valence-electron chi connectivity index (χ3n) is 2.38. The predicted molar refractivity (Wildman–Crippen MR) is 45.3 cm³/mol. The van der Waals surface area contributed by atoms with Crippen molar-refractivity contribution in [2.24, 2.45) is 5.92 Å². The van der Waals surface area contributed by atoms with Crippen LogP contribution in [0, 0.1) is 5.92 Å². The highest BCUT2D eigenvalue weighted by Crippen LogP contribution is 2.25. The highest BCUT2D eigenvalue weighted by molar-refractivity contribution is 5.02. The van der Waals surface area contributed by atoms with Crippen LogP contribution in [0.4, 0.5) is 4.39 Å². The van der Waals surface area contributed by atoms with Gasteiger partial charge in [-0.15, -0.1) is 0 Å². The zero-order valence-electron chi connectivity index (χ0n) is 7.31. The van der Waals surface area contributed by atoms with E-state index in [2.05, 4.69) is 6.58 Å². The van der Waals surface area contributed by atoms with Crippen LogP contribution in [0.25, 0.3) is 0 Å². The van der Waals surface area contributed by atoms with E-state index < -0.39 is 6.17 Å². The molecule has 0 aromatic heterocycles. The molecule has 0 aliphatic carbocycles. The number of halogens is 1. The molecule has 0 saturated carbocycles. The lowest BCUT2D eigenvalue weighted by Crippen LogP contribution is -2.39. The van der Waals surface area contributed by atoms with E-state index in [9.17, 15) is 4.39 Å². The molecule has 1 fully saturated rings. The van der Waals surface area contributed by atoms with Crippen molar-refractivity contribution >= 4 is 0 Å². The van der Waals surface area contributed by atoms with Gasteiger partial charge in [-0.25, -0.2) is 4.39 Å². The number of nitrogens with zero attached hydrogens (tertiary/aromatic N) is 1. The van der Waals surface area contributed by atoms with Gasteiger partial charge in [0.2, 0.25) is 0 Å². The summed E-state index contributed by atoms with van der Waals surface area (Å²) >= 11 is 0. The molecular formula is C9H16FN. The number of rotatable bonds is 1. The predicted octanol–water partition coefficient (Wildman–Crippen LogP) is 1.85. The van der Waals surface area contributed by atoms with Crippen LogP contribution < -0.4 is 0 Å². The summed E-state index contributed by atoms with van der Waals surface area (Å²) < 4.78 is 13.2. The summed E-state index contributed by atoms with van der Waals surface area (Å²) in [7, 11) is 1.96. The van der Waals surface area contributed by atoms with Crippen LogP contribution in [-0.2, 0) is 0 Å². The third kappa shape index (κ3) is 2.03. The van der Waals surface area contributed by atoms with Gasteiger partial charge in [-0.2, -0.15) is 0 Å². The van der Waals surface area contributed by atoms with E-state index in [-0.39, 0.29) is 5.92 Å². The standard InChI is InChI=1S/C9H16FN/c1-7(2)8-4-5-11(3)6-9(8)10/h8-9H,1,4-6H2,2-3H3/t8-,9-/m0/s1. The lowest BCUT2D eigenvalue weighted by molar-refractivity contribution is 0.121. The molecule has 11 heavy (non-hydrogen) atoms. The van der Waals surface area contributed by atoms with Crippen molar-refractivity contribution < 1.29 is 4.39 Å². The molecule has 1 heterocycles. The Balaban J connectivity index is 2.50. The maximum atomic E-state index is 13.2. The number of piperidine rings is 1. The summed E-state index contributed by atoms with van der Waals surface area (Å²) in [5.74, 6) is 0.103. The fourth-order valence-electron chi connectivity index (χ4n) is 1.61. The van der Waals surface area contributed by atoms with Crippen molar-refractivity contribution in [3.63, 3.8) is 0 Å². The molecule has 0 amide bonds. The molecule has 0 bridgehead atoms.